The zero-order valence-electron chi connectivity index (χ0n) is 26.9. The van der Waals surface area contributed by atoms with Crippen molar-refractivity contribution in [2.24, 2.45) is 0 Å². The Morgan fingerprint density at radius 1 is 0.634 bits per heavy atom. The number of imidazole rings is 1. The smallest absolute Gasteiger partial charge is 0.247 e. The number of unbranched alkanes of at least 4 members (excludes halogenated alkanes) is 14. The maximum atomic E-state index is 3.72. The Hall–Kier alpha value is -2.35. The van der Waals surface area contributed by atoms with Crippen LogP contribution in [0.2, 0.25) is 0 Å². The van der Waals surface area contributed by atoms with Gasteiger partial charge in [-0.25, -0.2) is 9.55 Å². The van der Waals surface area contributed by atoms with Crippen molar-refractivity contribution in [2.45, 2.75) is 154 Å². The van der Waals surface area contributed by atoms with E-state index in [-0.39, 0.29) is 5.41 Å². The normalized spacial score (nSPS) is 13.7. The number of aromatic nitrogens is 2. The fraction of sp³-hybridized carbons (Fsp3) is 0.615. The molecule has 2 heteroatoms. The van der Waals surface area contributed by atoms with Crippen molar-refractivity contribution >= 4 is 0 Å². The monoisotopic (exact) mass is 557 g/mol. The van der Waals surface area contributed by atoms with E-state index in [1.54, 1.807) is 0 Å². The molecule has 2 nitrogen and oxygen atoms in total. The fourth-order valence-corrected chi connectivity index (χ4v) is 6.85. The number of benzene rings is 2. The van der Waals surface area contributed by atoms with Gasteiger partial charge in [0.05, 0.1) is 12.5 Å². The third-order valence-electron chi connectivity index (χ3n) is 9.30. The number of hydrogen-bond acceptors (Lipinski definition) is 0. The molecule has 1 heterocycles. The number of hydrogen-bond donors (Lipinski definition) is 1. The molecule has 0 spiro atoms. The average molecular weight is 558 g/mol. The molecule has 2 unspecified atom stereocenters. The van der Waals surface area contributed by atoms with Gasteiger partial charge in [0.1, 0.15) is 12.4 Å². The van der Waals surface area contributed by atoms with Crippen molar-refractivity contribution in [3.8, 4) is 0 Å². The summed E-state index contributed by atoms with van der Waals surface area (Å²) in [5.41, 5.74) is 2.89. The lowest BCUT2D eigenvalue weighted by molar-refractivity contribution is -0.704. The van der Waals surface area contributed by atoms with E-state index in [4.69, 9.17) is 0 Å². The number of H-pyrrole nitrogens is 1. The molecule has 0 aliphatic carbocycles. The first-order valence-corrected chi connectivity index (χ1v) is 17.3. The first kappa shape index (κ1) is 33.2. The second kappa shape index (κ2) is 19.7. The Morgan fingerprint density at radius 2 is 1.15 bits per heavy atom. The van der Waals surface area contributed by atoms with Crippen molar-refractivity contribution in [1.82, 2.24) is 4.98 Å². The van der Waals surface area contributed by atoms with Crippen LogP contribution in [0.15, 0.2) is 73.1 Å². The molecule has 0 radical (unpaired) electrons. The lowest BCUT2D eigenvalue weighted by Gasteiger charge is -2.37. The molecule has 1 aromatic heterocycles. The molecular formula is C39H61N2+. The molecule has 41 heavy (non-hydrogen) atoms. The van der Waals surface area contributed by atoms with Crippen LogP contribution in [0.3, 0.4) is 0 Å². The van der Waals surface area contributed by atoms with E-state index in [2.05, 4.69) is 103 Å². The molecule has 0 amide bonds. The third-order valence-corrected chi connectivity index (χ3v) is 9.30. The van der Waals surface area contributed by atoms with E-state index < -0.39 is 0 Å². The van der Waals surface area contributed by atoms with Gasteiger partial charge in [-0.2, -0.15) is 0 Å². The number of aromatic amines is 1. The Labute approximate surface area is 253 Å². The molecule has 3 rings (SSSR count). The molecule has 0 aliphatic heterocycles. The highest BCUT2D eigenvalue weighted by Gasteiger charge is 2.41. The molecule has 0 aliphatic rings. The molecule has 0 saturated heterocycles. The van der Waals surface area contributed by atoms with Crippen LogP contribution >= 0.6 is 0 Å². The van der Waals surface area contributed by atoms with Crippen molar-refractivity contribution < 1.29 is 4.57 Å². The molecule has 2 aromatic carbocycles. The van der Waals surface area contributed by atoms with Gasteiger partial charge < -0.3 is 0 Å². The predicted octanol–water partition coefficient (Wildman–Crippen LogP) is 11.3. The van der Waals surface area contributed by atoms with Gasteiger partial charge in [-0.3, -0.25) is 0 Å². The van der Waals surface area contributed by atoms with Crippen LogP contribution in [-0.2, 0) is 18.4 Å². The molecule has 0 bridgehead atoms. The zero-order valence-corrected chi connectivity index (χ0v) is 26.9. The van der Waals surface area contributed by atoms with Gasteiger partial charge in [-0.05, 0) is 30.4 Å². The quantitative estimate of drug-likeness (QED) is 0.0883. The minimum atomic E-state index is 0.0129. The third kappa shape index (κ3) is 11.4. The van der Waals surface area contributed by atoms with E-state index >= 15 is 0 Å². The second-order valence-corrected chi connectivity index (χ2v) is 12.8. The van der Waals surface area contributed by atoms with Crippen LogP contribution in [0.1, 0.15) is 153 Å². The molecule has 3 aromatic rings. The molecule has 2 atom stereocenters. The molecular weight excluding hydrogens is 496 g/mol. The Kier molecular flexibility index (Phi) is 15.9. The summed E-state index contributed by atoms with van der Waals surface area (Å²) in [6.07, 6.45) is 29.0. The van der Waals surface area contributed by atoms with Gasteiger partial charge in [0.2, 0.25) is 0 Å². The van der Waals surface area contributed by atoms with E-state index in [1.807, 2.05) is 0 Å². The SMILES string of the molecule is CCCCCCCCCCCCCCCCCC(c1[nH]cc[n+]1CCC)C(C)(Cc1ccccc1)c1ccccc1. The van der Waals surface area contributed by atoms with Crippen molar-refractivity contribution in [1.29, 1.82) is 0 Å². The molecule has 0 saturated carbocycles. The van der Waals surface area contributed by atoms with Crippen LogP contribution in [0.5, 0.6) is 0 Å². The van der Waals surface area contributed by atoms with E-state index in [0.29, 0.717) is 5.92 Å². The number of aryl methyl sites for hydroxylation is 1. The summed E-state index contributed by atoms with van der Waals surface area (Å²) in [6, 6.07) is 22.4. The van der Waals surface area contributed by atoms with Gasteiger partial charge in [0, 0.05) is 5.41 Å². The van der Waals surface area contributed by atoms with Crippen LogP contribution < -0.4 is 4.57 Å². The summed E-state index contributed by atoms with van der Waals surface area (Å²) in [7, 11) is 0. The summed E-state index contributed by atoms with van der Waals surface area (Å²) in [6.45, 7) is 8.18. The summed E-state index contributed by atoms with van der Waals surface area (Å²) in [5.74, 6) is 1.84. The van der Waals surface area contributed by atoms with Crippen LogP contribution in [0, 0.1) is 0 Å². The maximum absolute atomic E-state index is 3.72. The highest BCUT2D eigenvalue weighted by Crippen LogP contribution is 2.43. The Morgan fingerprint density at radius 3 is 1.68 bits per heavy atom. The molecule has 226 valence electrons. The van der Waals surface area contributed by atoms with E-state index in [0.717, 1.165) is 19.4 Å². The largest absolute Gasteiger partial charge is 0.258 e. The highest BCUT2D eigenvalue weighted by atomic mass is 15.1. The molecule has 1 N–H and O–H groups in total. The van der Waals surface area contributed by atoms with Gasteiger partial charge in [0.15, 0.2) is 0 Å². The van der Waals surface area contributed by atoms with Gasteiger partial charge >= 0.3 is 0 Å². The van der Waals surface area contributed by atoms with Crippen LogP contribution in [0.25, 0.3) is 0 Å². The number of nitrogens with one attached hydrogen (secondary N) is 1. The summed E-state index contributed by atoms with van der Waals surface area (Å²) < 4.78 is 2.49. The Balaban J connectivity index is 1.53. The minimum absolute atomic E-state index is 0.0129. The summed E-state index contributed by atoms with van der Waals surface area (Å²) >= 11 is 0. The fourth-order valence-electron chi connectivity index (χ4n) is 6.85. The van der Waals surface area contributed by atoms with Gasteiger partial charge in [-0.1, -0.05) is 178 Å². The average Bonchev–Trinajstić information content (AvgIpc) is 3.45. The summed E-state index contributed by atoms with van der Waals surface area (Å²) in [4.78, 5) is 3.72. The topological polar surface area (TPSA) is 19.7 Å². The van der Waals surface area contributed by atoms with E-state index in [1.165, 1.54) is 120 Å². The van der Waals surface area contributed by atoms with Crippen molar-refractivity contribution in [3.63, 3.8) is 0 Å². The van der Waals surface area contributed by atoms with Crippen molar-refractivity contribution in [2.75, 3.05) is 0 Å². The first-order valence-electron chi connectivity index (χ1n) is 17.3. The number of rotatable bonds is 23. The molecule has 0 fully saturated rings. The van der Waals surface area contributed by atoms with E-state index in [9.17, 15) is 0 Å². The predicted molar refractivity (Wildman–Crippen MR) is 178 cm³/mol. The highest BCUT2D eigenvalue weighted by molar-refractivity contribution is 5.32. The van der Waals surface area contributed by atoms with Gasteiger partial charge in [0.25, 0.3) is 5.82 Å². The minimum Gasteiger partial charge on any atom is -0.247 e. The summed E-state index contributed by atoms with van der Waals surface area (Å²) in [5, 5.41) is 0. The standard InChI is InChI=1S/C39H60N2/c1-4-6-7-8-9-10-11-12-13-14-15-16-17-18-25-30-37(38-40-31-33-41(38)32-5-2)39(3,36-28-23-20-24-29-36)34-35-26-21-19-22-27-35/h19-24,26-29,31,33,37H,4-18,25,30,32,34H2,1-3H3/p+1. The van der Waals surface area contributed by atoms with Crippen LogP contribution in [-0.4, -0.2) is 4.98 Å². The van der Waals surface area contributed by atoms with Crippen LogP contribution in [0.4, 0.5) is 0 Å². The van der Waals surface area contributed by atoms with Gasteiger partial charge in [-0.15, -0.1) is 0 Å². The lowest BCUT2D eigenvalue weighted by atomic mass is 9.66. The van der Waals surface area contributed by atoms with Crippen molar-refractivity contribution in [3.05, 3.63) is 90.0 Å². The second-order valence-electron chi connectivity index (χ2n) is 12.8. The number of nitrogens with zero attached hydrogens (tertiary/aromatic N) is 1. The zero-order chi connectivity index (χ0) is 29.0. The Bertz CT molecular complexity index is 1020. The lowest BCUT2D eigenvalue weighted by Crippen LogP contribution is -2.43. The first-order chi connectivity index (χ1) is 20.2. The maximum Gasteiger partial charge on any atom is 0.258 e.